The highest BCUT2D eigenvalue weighted by atomic mass is 32.2. The third-order valence-corrected chi connectivity index (χ3v) is 5.98. The van der Waals surface area contributed by atoms with Gasteiger partial charge in [-0.1, -0.05) is 24.6 Å². The lowest BCUT2D eigenvalue weighted by atomic mass is 9.83. The van der Waals surface area contributed by atoms with Gasteiger partial charge < -0.3 is 8.92 Å². The van der Waals surface area contributed by atoms with Gasteiger partial charge in [0.15, 0.2) is 0 Å². The van der Waals surface area contributed by atoms with Crippen LogP contribution in [0.3, 0.4) is 0 Å². The molecule has 0 unspecified atom stereocenters. The largest absolute Gasteiger partial charge is 0.534 e. The Morgan fingerprint density at radius 1 is 1.29 bits per heavy atom. The molecule has 1 heterocycles. The quantitative estimate of drug-likeness (QED) is 0.415. The number of ether oxygens (including phenoxy) is 1. The van der Waals surface area contributed by atoms with Crippen LogP contribution in [0.1, 0.15) is 18.1 Å². The molecular weight excluding hydrogens is 399 g/mol. The minimum atomic E-state index is -5.69. The Morgan fingerprint density at radius 2 is 1.96 bits per heavy atom. The van der Waals surface area contributed by atoms with Crippen molar-refractivity contribution in [3.8, 4) is 5.75 Å². The maximum Gasteiger partial charge on any atom is 0.534 e. The van der Waals surface area contributed by atoms with Crippen LogP contribution in [0, 0.1) is 11.8 Å². The van der Waals surface area contributed by atoms with E-state index in [9.17, 15) is 26.4 Å². The summed E-state index contributed by atoms with van der Waals surface area (Å²) in [5, 5.41) is 0. The summed E-state index contributed by atoms with van der Waals surface area (Å²) in [7, 11) is -4.32. The Balaban J connectivity index is 1.70. The minimum absolute atomic E-state index is 0.105. The van der Waals surface area contributed by atoms with Gasteiger partial charge in [0.25, 0.3) is 0 Å². The molecule has 0 saturated carbocycles. The topological polar surface area (TPSA) is 72.9 Å². The molecule has 1 fully saturated rings. The first-order chi connectivity index (χ1) is 13.0. The molecule has 10 heteroatoms. The van der Waals surface area contributed by atoms with Crippen LogP contribution >= 0.6 is 0 Å². The Morgan fingerprint density at radius 3 is 2.57 bits per heavy atom. The van der Waals surface area contributed by atoms with Crippen LogP contribution in [-0.2, 0) is 26.1 Å². The molecule has 1 saturated heterocycles. The van der Waals surface area contributed by atoms with Crippen LogP contribution in [-0.4, -0.2) is 51.5 Å². The summed E-state index contributed by atoms with van der Waals surface area (Å²) < 4.78 is 68.7. The Hall–Kier alpha value is -2.07. The number of carbonyl (C=O) groups excluding carboxylic acids is 1. The predicted octanol–water partition coefficient (Wildman–Crippen LogP) is 2.60. The average molecular weight is 419 g/mol. The molecule has 0 N–H and O–H groups in total. The summed E-state index contributed by atoms with van der Waals surface area (Å²) in [5.41, 5.74) is -2.79. The summed E-state index contributed by atoms with van der Waals surface area (Å²) in [5.74, 6) is -0.552. The van der Waals surface area contributed by atoms with Gasteiger partial charge in [-0.05, 0) is 35.6 Å². The second-order valence-corrected chi connectivity index (χ2v) is 8.62. The number of methoxy groups -OCH3 is 1. The molecule has 1 aliphatic heterocycles. The predicted molar refractivity (Wildman–Crippen MR) is 94.8 cm³/mol. The van der Waals surface area contributed by atoms with Crippen LogP contribution in [0.5, 0.6) is 5.75 Å². The van der Waals surface area contributed by atoms with Crippen molar-refractivity contribution in [3.05, 3.63) is 34.9 Å². The van der Waals surface area contributed by atoms with Gasteiger partial charge in [-0.2, -0.15) is 21.6 Å². The zero-order chi connectivity index (χ0) is 20.7. The summed E-state index contributed by atoms with van der Waals surface area (Å²) >= 11 is 0. The van der Waals surface area contributed by atoms with Gasteiger partial charge in [-0.3, -0.25) is 9.69 Å². The highest BCUT2D eigenvalue weighted by Crippen LogP contribution is 2.34. The van der Waals surface area contributed by atoms with Crippen LogP contribution in [0.2, 0.25) is 0 Å². The number of carbonyl (C=O) groups is 1. The molecule has 3 rings (SSSR count). The number of halogens is 3. The zero-order valence-electron chi connectivity index (χ0n) is 15.3. The maximum atomic E-state index is 12.5. The SMILES string of the molecule is COC(=O)C1CN(CC2=Cc3ccc(OS(=O)(=O)C(F)(F)F)cc3C[C@@H]2C)C1. The highest BCUT2D eigenvalue weighted by molar-refractivity contribution is 7.88. The van der Waals surface area contributed by atoms with E-state index in [1.807, 2.05) is 13.0 Å². The molecule has 0 amide bonds. The second kappa shape index (κ2) is 7.40. The Bertz CT molecular complexity index is 904. The van der Waals surface area contributed by atoms with Crippen LogP contribution in [0.4, 0.5) is 13.2 Å². The first-order valence-electron chi connectivity index (χ1n) is 8.64. The van der Waals surface area contributed by atoms with E-state index < -0.39 is 15.6 Å². The number of likely N-dealkylation sites (tertiary alicyclic amines) is 1. The van der Waals surface area contributed by atoms with Crippen LogP contribution in [0.15, 0.2) is 23.8 Å². The number of hydrogen-bond acceptors (Lipinski definition) is 6. The lowest BCUT2D eigenvalue weighted by molar-refractivity contribution is -0.151. The van der Waals surface area contributed by atoms with Crippen molar-refractivity contribution in [2.24, 2.45) is 11.8 Å². The van der Waals surface area contributed by atoms with Crippen LogP contribution in [0.25, 0.3) is 6.08 Å². The molecule has 154 valence electrons. The zero-order valence-corrected chi connectivity index (χ0v) is 16.1. The molecule has 1 aliphatic carbocycles. The third-order valence-electron chi connectivity index (χ3n) is 5.00. The van der Waals surface area contributed by atoms with E-state index in [4.69, 9.17) is 4.74 Å². The van der Waals surface area contributed by atoms with E-state index in [2.05, 4.69) is 9.08 Å². The van der Waals surface area contributed by atoms with E-state index in [1.54, 1.807) is 6.07 Å². The smallest absolute Gasteiger partial charge is 0.469 e. The molecule has 0 radical (unpaired) electrons. The molecule has 1 aromatic carbocycles. The van der Waals surface area contributed by atoms with Crippen molar-refractivity contribution in [1.29, 1.82) is 0 Å². The van der Waals surface area contributed by atoms with Gasteiger partial charge in [-0.25, -0.2) is 0 Å². The van der Waals surface area contributed by atoms with Gasteiger partial charge in [0.05, 0.1) is 13.0 Å². The normalized spacial score (nSPS) is 20.8. The van der Waals surface area contributed by atoms with E-state index in [0.717, 1.165) is 16.7 Å². The van der Waals surface area contributed by atoms with Gasteiger partial charge >= 0.3 is 21.6 Å². The highest BCUT2D eigenvalue weighted by Gasteiger charge is 2.48. The number of alkyl halides is 3. The number of hydrogen-bond donors (Lipinski definition) is 0. The van der Waals surface area contributed by atoms with E-state index in [-0.39, 0.29) is 23.6 Å². The average Bonchev–Trinajstić information content (AvgIpc) is 2.56. The summed E-state index contributed by atoms with van der Waals surface area (Å²) in [6.45, 7) is 3.94. The molecule has 1 atom stereocenters. The van der Waals surface area contributed by atoms with Crippen molar-refractivity contribution in [2.75, 3.05) is 26.7 Å². The number of nitrogens with zero attached hydrogens (tertiary/aromatic N) is 1. The van der Waals surface area contributed by atoms with Gasteiger partial charge in [0.1, 0.15) is 5.75 Å². The van der Waals surface area contributed by atoms with E-state index in [1.165, 1.54) is 19.2 Å². The molecular formula is C18H20F3NO5S. The van der Waals surface area contributed by atoms with Gasteiger partial charge in [-0.15, -0.1) is 0 Å². The van der Waals surface area contributed by atoms with Crippen molar-refractivity contribution < 1.29 is 35.3 Å². The number of benzene rings is 1. The molecule has 6 nitrogen and oxygen atoms in total. The standard InChI is InChI=1S/C18H20F3NO5S/c1-11-5-13-7-16(27-28(24,25)18(19,20)21)4-3-12(13)6-14(11)8-22-9-15(10-22)17(23)26-2/h3-4,6-7,11,15H,5,8-10H2,1-2H3/t11-/m0/s1. The molecule has 1 aromatic rings. The van der Waals surface area contributed by atoms with Gasteiger partial charge in [0, 0.05) is 19.6 Å². The lowest BCUT2D eigenvalue weighted by Crippen LogP contribution is -2.51. The number of esters is 1. The van der Waals surface area contributed by atoms with E-state index >= 15 is 0 Å². The van der Waals surface area contributed by atoms with Crippen molar-refractivity contribution >= 4 is 22.2 Å². The monoisotopic (exact) mass is 419 g/mol. The summed E-state index contributed by atoms with van der Waals surface area (Å²) in [6, 6.07) is 4.10. The minimum Gasteiger partial charge on any atom is -0.469 e. The fourth-order valence-electron chi connectivity index (χ4n) is 3.40. The molecule has 0 bridgehead atoms. The van der Waals surface area contributed by atoms with Crippen molar-refractivity contribution in [2.45, 2.75) is 18.9 Å². The van der Waals surface area contributed by atoms with Crippen molar-refractivity contribution in [1.82, 2.24) is 4.90 Å². The molecule has 0 aromatic heterocycles. The fourth-order valence-corrected chi connectivity index (χ4v) is 3.85. The number of fused-ring (bicyclic) bond motifs is 1. The first kappa shape index (κ1) is 20.7. The summed E-state index contributed by atoms with van der Waals surface area (Å²) in [6.07, 6.45) is 2.51. The molecule has 28 heavy (non-hydrogen) atoms. The molecule has 2 aliphatic rings. The van der Waals surface area contributed by atoms with E-state index in [0.29, 0.717) is 26.1 Å². The fraction of sp³-hybridized carbons (Fsp3) is 0.500. The first-order valence-corrected chi connectivity index (χ1v) is 10.1. The summed E-state index contributed by atoms with van der Waals surface area (Å²) in [4.78, 5) is 13.6. The van der Waals surface area contributed by atoms with Crippen molar-refractivity contribution in [3.63, 3.8) is 0 Å². The third kappa shape index (κ3) is 4.17. The maximum absolute atomic E-state index is 12.5. The van der Waals surface area contributed by atoms with Gasteiger partial charge in [0.2, 0.25) is 0 Å². The lowest BCUT2D eigenvalue weighted by Gasteiger charge is -2.39. The molecule has 0 spiro atoms. The Kier molecular flexibility index (Phi) is 5.46. The number of rotatable bonds is 5. The van der Waals surface area contributed by atoms with Crippen LogP contribution < -0.4 is 4.18 Å². The Labute approximate surface area is 161 Å². The second-order valence-electron chi connectivity index (χ2n) is 7.08.